The van der Waals surface area contributed by atoms with Crippen LogP contribution in [0.4, 0.5) is 0 Å². The molecule has 0 saturated heterocycles. The van der Waals surface area contributed by atoms with E-state index in [1.807, 2.05) is 12.1 Å². The molecule has 1 amide bonds. The largest absolute Gasteiger partial charge is 0.494 e. The Balaban J connectivity index is 1.92. The van der Waals surface area contributed by atoms with Gasteiger partial charge >= 0.3 is 0 Å². The van der Waals surface area contributed by atoms with Crippen LogP contribution in [0.1, 0.15) is 47.7 Å². The molecule has 30 heavy (non-hydrogen) atoms. The minimum absolute atomic E-state index is 0.264. The zero-order valence-corrected chi connectivity index (χ0v) is 19.1. The van der Waals surface area contributed by atoms with E-state index in [1.165, 1.54) is 22.5 Å². The number of hydrogen-bond acceptors (Lipinski definition) is 4. The zero-order valence-electron chi connectivity index (χ0n) is 18.2. The van der Waals surface area contributed by atoms with Gasteiger partial charge in [-0.15, -0.1) is 0 Å². The lowest BCUT2D eigenvalue weighted by Gasteiger charge is -2.07. The van der Waals surface area contributed by atoms with Crippen LogP contribution >= 0.6 is 11.3 Å². The molecule has 0 unspecified atom stereocenters. The molecule has 5 nitrogen and oxygen atoms in total. The second kappa shape index (κ2) is 10.5. The van der Waals surface area contributed by atoms with Gasteiger partial charge in [0.2, 0.25) is 0 Å². The maximum absolute atomic E-state index is 12.9. The van der Waals surface area contributed by atoms with Gasteiger partial charge in [0.05, 0.1) is 23.4 Å². The highest BCUT2D eigenvalue weighted by molar-refractivity contribution is 7.16. The van der Waals surface area contributed by atoms with Crippen LogP contribution in [-0.2, 0) is 11.3 Å². The van der Waals surface area contributed by atoms with Gasteiger partial charge in [-0.25, -0.2) is 0 Å². The van der Waals surface area contributed by atoms with Crippen molar-refractivity contribution in [2.45, 2.75) is 46.6 Å². The van der Waals surface area contributed by atoms with Crippen LogP contribution in [0.15, 0.2) is 41.4 Å². The third-order valence-corrected chi connectivity index (χ3v) is 6.15. The summed E-state index contributed by atoms with van der Waals surface area (Å²) >= 11 is 1.53. The first kappa shape index (κ1) is 22.2. The SMILES string of the molecule is CCCCCOc1cccc(C(=O)N=c2sc3cc(C)c(C)cc3n2CCOC)c1. The van der Waals surface area contributed by atoms with Crippen LogP contribution in [0.3, 0.4) is 0 Å². The van der Waals surface area contributed by atoms with E-state index in [2.05, 4.69) is 42.5 Å². The molecule has 3 rings (SSSR count). The Morgan fingerprint density at radius 2 is 1.90 bits per heavy atom. The van der Waals surface area contributed by atoms with E-state index < -0.39 is 0 Å². The van der Waals surface area contributed by atoms with Crippen molar-refractivity contribution >= 4 is 27.5 Å². The number of amides is 1. The molecule has 0 radical (unpaired) electrons. The maximum atomic E-state index is 12.9. The molecule has 3 aromatic rings. The van der Waals surface area contributed by atoms with Crippen molar-refractivity contribution in [2.75, 3.05) is 20.3 Å². The second-order valence-electron chi connectivity index (χ2n) is 7.43. The van der Waals surface area contributed by atoms with Crippen molar-refractivity contribution in [1.29, 1.82) is 0 Å². The number of ether oxygens (including phenoxy) is 2. The first-order valence-corrected chi connectivity index (χ1v) is 11.3. The van der Waals surface area contributed by atoms with E-state index in [0.717, 1.165) is 29.5 Å². The molecule has 1 heterocycles. The lowest BCUT2D eigenvalue weighted by atomic mass is 10.1. The summed E-state index contributed by atoms with van der Waals surface area (Å²) in [5, 5.41) is 0. The van der Waals surface area contributed by atoms with Gasteiger partial charge in [-0.3, -0.25) is 4.79 Å². The lowest BCUT2D eigenvalue weighted by molar-refractivity contribution is 0.0997. The number of hydrogen-bond donors (Lipinski definition) is 0. The molecular formula is C24H30N2O3S. The van der Waals surface area contributed by atoms with E-state index in [-0.39, 0.29) is 5.91 Å². The maximum Gasteiger partial charge on any atom is 0.279 e. The predicted molar refractivity (Wildman–Crippen MR) is 123 cm³/mol. The number of benzene rings is 2. The summed E-state index contributed by atoms with van der Waals surface area (Å²) < 4.78 is 14.2. The topological polar surface area (TPSA) is 52.8 Å². The van der Waals surface area contributed by atoms with Crippen LogP contribution in [0.25, 0.3) is 10.2 Å². The minimum Gasteiger partial charge on any atom is -0.494 e. The molecule has 1 aromatic heterocycles. The number of thiazole rings is 1. The quantitative estimate of drug-likeness (QED) is 0.438. The average Bonchev–Trinajstić information content (AvgIpc) is 3.06. The van der Waals surface area contributed by atoms with E-state index in [1.54, 1.807) is 19.2 Å². The fourth-order valence-electron chi connectivity index (χ4n) is 3.22. The van der Waals surface area contributed by atoms with Crippen molar-refractivity contribution in [3.05, 3.63) is 57.9 Å². The average molecular weight is 427 g/mol. The molecule has 0 saturated carbocycles. The van der Waals surface area contributed by atoms with Crippen LogP contribution in [0.5, 0.6) is 5.75 Å². The number of methoxy groups -OCH3 is 1. The van der Waals surface area contributed by atoms with Crippen molar-refractivity contribution < 1.29 is 14.3 Å². The van der Waals surface area contributed by atoms with E-state index in [9.17, 15) is 4.79 Å². The third kappa shape index (κ3) is 5.37. The van der Waals surface area contributed by atoms with Crippen molar-refractivity contribution in [3.8, 4) is 5.75 Å². The standard InChI is InChI=1S/C24H30N2O3S/c1-5-6-7-12-29-20-10-8-9-19(16-20)23(27)25-24-26(11-13-28-4)21-14-17(2)18(3)15-22(21)30-24/h8-10,14-16H,5-7,11-13H2,1-4H3. The Bertz CT molecular complexity index is 1080. The first-order chi connectivity index (χ1) is 14.5. The normalized spacial score (nSPS) is 11.9. The first-order valence-electron chi connectivity index (χ1n) is 10.4. The number of fused-ring (bicyclic) bond motifs is 1. The van der Waals surface area contributed by atoms with Gasteiger partial charge in [0.15, 0.2) is 4.80 Å². The highest BCUT2D eigenvalue weighted by atomic mass is 32.1. The molecule has 0 fully saturated rings. The molecule has 0 aliphatic rings. The number of aryl methyl sites for hydroxylation is 2. The van der Waals surface area contributed by atoms with Gasteiger partial charge in [0.25, 0.3) is 5.91 Å². The van der Waals surface area contributed by atoms with Crippen molar-refractivity contribution in [1.82, 2.24) is 4.57 Å². The highest BCUT2D eigenvalue weighted by Crippen LogP contribution is 2.22. The van der Waals surface area contributed by atoms with E-state index >= 15 is 0 Å². The molecule has 0 spiro atoms. The molecule has 0 atom stereocenters. The lowest BCUT2D eigenvalue weighted by Crippen LogP contribution is -2.19. The van der Waals surface area contributed by atoms with Crippen LogP contribution < -0.4 is 9.54 Å². The fraction of sp³-hybridized carbons (Fsp3) is 0.417. The Morgan fingerprint density at radius 1 is 1.10 bits per heavy atom. The van der Waals surface area contributed by atoms with Gasteiger partial charge in [-0.2, -0.15) is 4.99 Å². The van der Waals surface area contributed by atoms with Crippen LogP contribution in [0, 0.1) is 13.8 Å². The van der Waals surface area contributed by atoms with Crippen molar-refractivity contribution in [2.24, 2.45) is 4.99 Å². The van der Waals surface area contributed by atoms with Crippen molar-refractivity contribution in [3.63, 3.8) is 0 Å². The van der Waals surface area contributed by atoms with E-state index in [0.29, 0.717) is 35.9 Å². The smallest absolute Gasteiger partial charge is 0.279 e. The van der Waals surface area contributed by atoms with Gasteiger partial charge in [-0.05, 0) is 61.7 Å². The summed E-state index contributed by atoms with van der Waals surface area (Å²) in [5.74, 6) is 0.446. The molecular weight excluding hydrogens is 396 g/mol. The van der Waals surface area contributed by atoms with Gasteiger partial charge < -0.3 is 14.0 Å². The zero-order chi connectivity index (χ0) is 21.5. The molecule has 0 aliphatic carbocycles. The van der Waals surface area contributed by atoms with Gasteiger partial charge in [0.1, 0.15) is 5.75 Å². The molecule has 160 valence electrons. The van der Waals surface area contributed by atoms with Gasteiger partial charge in [-0.1, -0.05) is 37.2 Å². The third-order valence-electron chi connectivity index (χ3n) is 5.11. The Kier molecular flexibility index (Phi) is 7.82. The molecule has 6 heteroatoms. The Hall–Kier alpha value is -2.44. The molecule has 0 aliphatic heterocycles. The number of rotatable bonds is 9. The van der Waals surface area contributed by atoms with Crippen LogP contribution in [0.2, 0.25) is 0 Å². The number of unbranched alkanes of at least 4 members (excludes halogenated alkanes) is 2. The molecule has 0 bridgehead atoms. The summed E-state index contributed by atoms with van der Waals surface area (Å²) in [4.78, 5) is 18.1. The van der Waals surface area contributed by atoms with E-state index in [4.69, 9.17) is 9.47 Å². The summed E-state index contributed by atoms with van der Waals surface area (Å²) in [7, 11) is 1.68. The predicted octanol–water partition coefficient (Wildman–Crippen LogP) is 5.28. The number of carbonyl (C=O) groups is 1. The molecule has 2 aromatic carbocycles. The molecule has 0 N–H and O–H groups in total. The van der Waals surface area contributed by atoms with Gasteiger partial charge in [0, 0.05) is 19.2 Å². The Labute approximate surface area is 182 Å². The summed E-state index contributed by atoms with van der Waals surface area (Å²) in [6.07, 6.45) is 3.30. The fourth-order valence-corrected chi connectivity index (χ4v) is 4.35. The second-order valence-corrected chi connectivity index (χ2v) is 8.44. The number of nitrogens with zero attached hydrogens (tertiary/aromatic N) is 2. The Morgan fingerprint density at radius 3 is 2.67 bits per heavy atom. The summed E-state index contributed by atoms with van der Waals surface area (Å²) in [6.45, 7) is 8.22. The summed E-state index contributed by atoms with van der Waals surface area (Å²) in [6, 6.07) is 11.6. The number of carbonyl (C=O) groups excluding carboxylic acids is 1. The van der Waals surface area contributed by atoms with Crippen LogP contribution in [-0.4, -0.2) is 30.8 Å². The highest BCUT2D eigenvalue weighted by Gasteiger charge is 2.11. The minimum atomic E-state index is -0.264. The number of aromatic nitrogens is 1. The monoisotopic (exact) mass is 426 g/mol. The summed E-state index contributed by atoms with van der Waals surface area (Å²) in [5.41, 5.74) is 4.07.